The van der Waals surface area contributed by atoms with E-state index in [1.165, 1.54) is 56.7 Å². The van der Waals surface area contributed by atoms with Crippen LogP contribution in [0.3, 0.4) is 0 Å². The maximum atomic E-state index is 5.78. The van der Waals surface area contributed by atoms with Crippen molar-refractivity contribution >= 4 is 22.9 Å². The van der Waals surface area contributed by atoms with Crippen LogP contribution < -0.4 is 0 Å². The Morgan fingerprint density at radius 1 is 1.11 bits per heavy atom. The number of rotatable bonds is 11. The first-order valence-corrected chi connectivity index (χ1v) is 8.93. The van der Waals surface area contributed by atoms with Gasteiger partial charge in [0.25, 0.3) is 0 Å². The summed E-state index contributed by atoms with van der Waals surface area (Å²) in [6.45, 7) is 8.24. The molecule has 0 amide bonds. The molecule has 0 bridgehead atoms. The standard InChI is InChI=1S/C15H27ClN2S/c1-3-5-9-18(10-6-4-2)11-7-8-15-17-14(12-16)13-19-15/h13H,3-12H2,1-2H3. The number of thiazole rings is 1. The molecular weight excluding hydrogens is 276 g/mol. The van der Waals surface area contributed by atoms with Gasteiger partial charge in [-0.2, -0.15) is 0 Å². The van der Waals surface area contributed by atoms with E-state index in [0.717, 1.165) is 12.1 Å². The summed E-state index contributed by atoms with van der Waals surface area (Å²) in [6, 6.07) is 0. The molecular formula is C15H27ClN2S. The van der Waals surface area contributed by atoms with Crippen molar-refractivity contribution in [1.29, 1.82) is 0 Å². The van der Waals surface area contributed by atoms with Crippen molar-refractivity contribution in [3.05, 3.63) is 16.1 Å². The fourth-order valence-corrected chi connectivity index (χ4v) is 3.15. The van der Waals surface area contributed by atoms with Gasteiger partial charge in [0, 0.05) is 11.8 Å². The fraction of sp³-hybridized carbons (Fsp3) is 0.800. The number of alkyl halides is 1. The van der Waals surface area contributed by atoms with Crippen LogP contribution >= 0.6 is 22.9 Å². The molecule has 2 nitrogen and oxygen atoms in total. The van der Waals surface area contributed by atoms with E-state index in [-0.39, 0.29) is 0 Å². The number of nitrogens with zero attached hydrogens (tertiary/aromatic N) is 2. The number of unbranched alkanes of at least 4 members (excludes halogenated alkanes) is 2. The van der Waals surface area contributed by atoms with Gasteiger partial charge in [-0.05, 0) is 38.9 Å². The Morgan fingerprint density at radius 3 is 2.26 bits per heavy atom. The highest BCUT2D eigenvalue weighted by Crippen LogP contribution is 2.13. The molecule has 19 heavy (non-hydrogen) atoms. The van der Waals surface area contributed by atoms with E-state index in [4.69, 9.17) is 11.6 Å². The van der Waals surface area contributed by atoms with Crippen molar-refractivity contribution < 1.29 is 0 Å². The lowest BCUT2D eigenvalue weighted by Crippen LogP contribution is -2.27. The first kappa shape index (κ1) is 16.9. The summed E-state index contributed by atoms with van der Waals surface area (Å²) in [4.78, 5) is 7.13. The second kappa shape index (κ2) is 10.6. The minimum Gasteiger partial charge on any atom is -0.303 e. The van der Waals surface area contributed by atoms with Gasteiger partial charge >= 0.3 is 0 Å². The number of aromatic nitrogens is 1. The average molecular weight is 303 g/mol. The third kappa shape index (κ3) is 7.28. The van der Waals surface area contributed by atoms with Crippen LogP contribution in [0.4, 0.5) is 0 Å². The minimum absolute atomic E-state index is 0.537. The quantitative estimate of drug-likeness (QED) is 0.550. The first-order chi connectivity index (χ1) is 9.30. The lowest BCUT2D eigenvalue weighted by Gasteiger charge is -2.21. The Labute approximate surface area is 127 Å². The molecule has 0 atom stereocenters. The summed E-state index contributed by atoms with van der Waals surface area (Å²) in [7, 11) is 0. The molecule has 0 radical (unpaired) electrons. The Kier molecular flexibility index (Phi) is 9.48. The Hall–Kier alpha value is -0.120. The van der Waals surface area contributed by atoms with Crippen LogP contribution in [0.15, 0.2) is 5.38 Å². The second-order valence-corrected chi connectivity index (χ2v) is 6.23. The van der Waals surface area contributed by atoms with Crippen LogP contribution in [0, 0.1) is 0 Å². The maximum Gasteiger partial charge on any atom is 0.0929 e. The Balaban J connectivity index is 2.25. The normalized spacial score (nSPS) is 11.4. The Morgan fingerprint density at radius 2 is 1.74 bits per heavy atom. The highest BCUT2D eigenvalue weighted by atomic mass is 35.5. The fourth-order valence-electron chi connectivity index (χ4n) is 2.08. The zero-order valence-corrected chi connectivity index (χ0v) is 13.9. The van der Waals surface area contributed by atoms with E-state index < -0.39 is 0 Å². The zero-order chi connectivity index (χ0) is 13.9. The average Bonchev–Trinajstić information content (AvgIpc) is 2.89. The summed E-state index contributed by atoms with van der Waals surface area (Å²) in [5, 5.41) is 3.32. The molecule has 0 N–H and O–H groups in total. The summed E-state index contributed by atoms with van der Waals surface area (Å²) >= 11 is 7.52. The molecule has 0 unspecified atom stereocenters. The van der Waals surface area contributed by atoms with Crippen LogP contribution in [0.1, 0.15) is 56.7 Å². The maximum absolute atomic E-state index is 5.78. The van der Waals surface area contributed by atoms with Gasteiger partial charge in [-0.3, -0.25) is 0 Å². The van der Waals surface area contributed by atoms with E-state index in [1.54, 1.807) is 11.3 Å². The molecule has 110 valence electrons. The predicted octanol–water partition coefficient (Wildman–Crippen LogP) is 4.72. The zero-order valence-electron chi connectivity index (χ0n) is 12.3. The van der Waals surface area contributed by atoms with Gasteiger partial charge in [0.2, 0.25) is 0 Å². The van der Waals surface area contributed by atoms with Crippen molar-refractivity contribution in [2.45, 2.75) is 58.3 Å². The van der Waals surface area contributed by atoms with E-state index >= 15 is 0 Å². The van der Waals surface area contributed by atoms with Crippen LogP contribution in [0.25, 0.3) is 0 Å². The smallest absolute Gasteiger partial charge is 0.0929 e. The van der Waals surface area contributed by atoms with Gasteiger partial charge in [-0.15, -0.1) is 22.9 Å². The first-order valence-electron chi connectivity index (χ1n) is 7.51. The molecule has 1 aromatic heterocycles. The Bertz CT molecular complexity index is 320. The van der Waals surface area contributed by atoms with Gasteiger partial charge < -0.3 is 4.90 Å². The second-order valence-electron chi connectivity index (χ2n) is 5.02. The third-order valence-corrected chi connectivity index (χ3v) is 4.49. The van der Waals surface area contributed by atoms with Crippen molar-refractivity contribution in [3.63, 3.8) is 0 Å². The molecule has 0 aliphatic heterocycles. The molecule has 0 fully saturated rings. The molecule has 4 heteroatoms. The molecule has 0 aliphatic carbocycles. The number of hydrogen-bond donors (Lipinski definition) is 0. The van der Waals surface area contributed by atoms with Crippen LogP contribution in [0.2, 0.25) is 0 Å². The molecule has 0 saturated carbocycles. The number of aryl methyl sites for hydroxylation is 1. The van der Waals surface area contributed by atoms with Crippen molar-refractivity contribution in [3.8, 4) is 0 Å². The largest absolute Gasteiger partial charge is 0.303 e. The van der Waals surface area contributed by atoms with E-state index in [1.807, 2.05) is 0 Å². The van der Waals surface area contributed by atoms with Gasteiger partial charge in [0.15, 0.2) is 0 Å². The van der Waals surface area contributed by atoms with Gasteiger partial charge in [-0.1, -0.05) is 26.7 Å². The van der Waals surface area contributed by atoms with Crippen LogP contribution in [0.5, 0.6) is 0 Å². The molecule has 0 saturated heterocycles. The van der Waals surface area contributed by atoms with Crippen molar-refractivity contribution in [1.82, 2.24) is 9.88 Å². The summed E-state index contributed by atoms with van der Waals surface area (Å²) in [6.07, 6.45) is 7.51. The molecule has 1 rings (SSSR count). The summed E-state index contributed by atoms with van der Waals surface area (Å²) in [5.41, 5.74) is 1.02. The van der Waals surface area contributed by atoms with Gasteiger partial charge in [-0.25, -0.2) is 4.98 Å². The summed E-state index contributed by atoms with van der Waals surface area (Å²) < 4.78 is 0. The topological polar surface area (TPSA) is 16.1 Å². The highest BCUT2D eigenvalue weighted by molar-refractivity contribution is 7.09. The lowest BCUT2D eigenvalue weighted by atomic mass is 10.2. The molecule has 1 heterocycles. The SMILES string of the molecule is CCCCN(CCCC)CCCc1nc(CCl)cs1. The number of halogens is 1. The van der Waals surface area contributed by atoms with E-state index in [9.17, 15) is 0 Å². The third-order valence-electron chi connectivity index (χ3n) is 3.26. The van der Waals surface area contributed by atoms with Crippen LogP contribution in [-0.4, -0.2) is 29.5 Å². The molecule has 1 aromatic rings. The molecule has 0 spiro atoms. The van der Waals surface area contributed by atoms with Gasteiger partial charge in [0.1, 0.15) is 0 Å². The molecule has 0 aliphatic rings. The summed E-state index contributed by atoms with van der Waals surface area (Å²) in [5.74, 6) is 0.537. The van der Waals surface area contributed by atoms with Crippen molar-refractivity contribution in [2.24, 2.45) is 0 Å². The molecule has 0 aromatic carbocycles. The monoisotopic (exact) mass is 302 g/mol. The highest BCUT2D eigenvalue weighted by Gasteiger charge is 2.05. The van der Waals surface area contributed by atoms with Gasteiger partial charge in [0.05, 0.1) is 16.6 Å². The van der Waals surface area contributed by atoms with E-state index in [0.29, 0.717) is 5.88 Å². The minimum atomic E-state index is 0.537. The van der Waals surface area contributed by atoms with Crippen molar-refractivity contribution in [2.75, 3.05) is 19.6 Å². The number of hydrogen-bond acceptors (Lipinski definition) is 3. The van der Waals surface area contributed by atoms with E-state index in [2.05, 4.69) is 29.1 Å². The lowest BCUT2D eigenvalue weighted by molar-refractivity contribution is 0.262. The predicted molar refractivity (Wildman–Crippen MR) is 86.2 cm³/mol. The van der Waals surface area contributed by atoms with Crippen LogP contribution in [-0.2, 0) is 12.3 Å².